The van der Waals surface area contributed by atoms with Gasteiger partial charge in [-0.1, -0.05) is 0 Å². The lowest BCUT2D eigenvalue weighted by atomic mass is 10.2. The second-order valence-corrected chi connectivity index (χ2v) is 3.38. The summed E-state index contributed by atoms with van der Waals surface area (Å²) in [7, 11) is 0. The molecule has 4 heteroatoms. The summed E-state index contributed by atoms with van der Waals surface area (Å²) in [5, 5.41) is 12.0. The van der Waals surface area contributed by atoms with E-state index in [1.807, 2.05) is 13.0 Å². The van der Waals surface area contributed by atoms with Gasteiger partial charge in [0, 0.05) is 12.2 Å². The molecule has 0 radical (unpaired) electrons. The third-order valence-electron chi connectivity index (χ3n) is 2.08. The largest absolute Gasteiger partial charge is 0.369 e. The first kappa shape index (κ1) is 11.5. The van der Waals surface area contributed by atoms with E-state index < -0.39 is 0 Å². The molecule has 0 aliphatic heterocycles. The van der Waals surface area contributed by atoms with Gasteiger partial charge in [0.15, 0.2) is 0 Å². The lowest BCUT2D eigenvalue weighted by Gasteiger charge is -2.07. The summed E-state index contributed by atoms with van der Waals surface area (Å²) < 4.78 is 0. The summed E-state index contributed by atoms with van der Waals surface area (Å²) in [6, 6.07) is 5.74. The van der Waals surface area contributed by atoms with Gasteiger partial charge in [-0.3, -0.25) is 0 Å². The van der Waals surface area contributed by atoms with Crippen LogP contribution in [0.5, 0.6) is 0 Å². The van der Waals surface area contributed by atoms with Gasteiger partial charge in [-0.15, -0.1) is 0 Å². The van der Waals surface area contributed by atoms with Crippen LogP contribution in [0.1, 0.15) is 24.1 Å². The lowest BCUT2D eigenvalue weighted by molar-refractivity contribution is 0.772. The summed E-state index contributed by atoms with van der Waals surface area (Å²) in [6.07, 6.45) is 1.98. The number of nitrogens with one attached hydrogen (secondary N) is 1. The maximum absolute atomic E-state index is 8.86. The summed E-state index contributed by atoms with van der Waals surface area (Å²) in [6.45, 7) is 3.42. The molecular formula is C11H16N4. The molecule has 3 N–H and O–H groups in total. The van der Waals surface area contributed by atoms with Crippen LogP contribution < -0.4 is 11.1 Å². The summed E-state index contributed by atoms with van der Waals surface area (Å²) in [4.78, 5) is 4.28. The molecule has 0 atom stereocenters. The minimum atomic E-state index is 0.591. The van der Waals surface area contributed by atoms with Crippen molar-refractivity contribution in [1.29, 1.82) is 5.26 Å². The van der Waals surface area contributed by atoms with Gasteiger partial charge in [0.1, 0.15) is 11.9 Å². The number of unbranched alkanes of at least 4 members (excludes halogenated alkanes) is 1. The van der Waals surface area contributed by atoms with Crippen molar-refractivity contribution in [2.24, 2.45) is 5.73 Å². The molecule has 1 heterocycles. The Hall–Kier alpha value is -1.60. The number of rotatable bonds is 5. The fourth-order valence-corrected chi connectivity index (χ4v) is 1.26. The van der Waals surface area contributed by atoms with E-state index in [0.29, 0.717) is 17.9 Å². The van der Waals surface area contributed by atoms with Gasteiger partial charge in [-0.2, -0.15) is 5.26 Å². The normalized spacial score (nSPS) is 9.67. The monoisotopic (exact) mass is 204 g/mol. The minimum absolute atomic E-state index is 0.591. The molecule has 0 spiro atoms. The van der Waals surface area contributed by atoms with E-state index in [1.54, 1.807) is 6.07 Å². The number of anilines is 1. The predicted octanol–water partition coefficient (Wildman–Crippen LogP) is 1.41. The average Bonchev–Trinajstić information content (AvgIpc) is 2.25. The second kappa shape index (κ2) is 5.99. The number of aryl methyl sites for hydroxylation is 1. The van der Waals surface area contributed by atoms with Gasteiger partial charge >= 0.3 is 0 Å². The summed E-state index contributed by atoms with van der Waals surface area (Å²) >= 11 is 0. The quantitative estimate of drug-likeness (QED) is 0.711. The Morgan fingerprint density at radius 2 is 2.27 bits per heavy atom. The summed E-state index contributed by atoms with van der Waals surface area (Å²) in [5.41, 5.74) is 6.90. The Balaban J connectivity index is 2.59. The fourth-order valence-electron chi connectivity index (χ4n) is 1.26. The SMILES string of the molecule is Cc1ccc(C#N)c(NCCCCN)n1. The highest BCUT2D eigenvalue weighted by Gasteiger charge is 2.02. The Kier molecular flexibility index (Phi) is 4.58. The Morgan fingerprint density at radius 3 is 2.93 bits per heavy atom. The van der Waals surface area contributed by atoms with Crippen molar-refractivity contribution in [3.63, 3.8) is 0 Å². The fraction of sp³-hybridized carbons (Fsp3) is 0.455. The van der Waals surface area contributed by atoms with E-state index in [-0.39, 0.29) is 0 Å². The van der Waals surface area contributed by atoms with Gasteiger partial charge in [0.2, 0.25) is 0 Å². The minimum Gasteiger partial charge on any atom is -0.369 e. The van der Waals surface area contributed by atoms with Crippen LogP contribution in [-0.2, 0) is 0 Å². The molecule has 1 aromatic heterocycles. The van der Waals surface area contributed by atoms with Crippen LogP contribution in [0.15, 0.2) is 12.1 Å². The third-order valence-corrected chi connectivity index (χ3v) is 2.08. The summed E-state index contributed by atoms with van der Waals surface area (Å²) in [5.74, 6) is 0.675. The number of nitrogens with zero attached hydrogens (tertiary/aromatic N) is 2. The average molecular weight is 204 g/mol. The topological polar surface area (TPSA) is 74.7 Å². The Morgan fingerprint density at radius 1 is 1.47 bits per heavy atom. The molecule has 0 fully saturated rings. The van der Waals surface area contributed by atoms with Gasteiger partial charge in [-0.05, 0) is 38.4 Å². The van der Waals surface area contributed by atoms with E-state index >= 15 is 0 Å². The smallest absolute Gasteiger partial charge is 0.144 e. The van der Waals surface area contributed by atoms with Crippen molar-refractivity contribution in [2.75, 3.05) is 18.4 Å². The molecule has 15 heavy (non-hydrogen) atoms. The molecule has 0 aromatic carbocycles. The van der Waals surface area contributed by atoms with Crippen molar-refractivity contribution in [3.8, 4) is 6.07 Å². The van der Waals surface area contributed by atoms with Crippen LogP contribution >= 0.6 is 0 Å². The zero-order valence-corrected chi connectivity index (χ0v) is 8.95. The molecule has 4 nitrogen and oxygen atoms in total. The van der Waals surface area contributed by atoms with Crippen LogP contribution in [0, 0.1) is 18.3 Å². The number of hydrogen-bond acceptors (Lipinski definition) is 4. The van der Waals surface area contributed by atoms with E-state index in [4.69, 9.17) is 11.0 Å². The zero-order chi connectivity index (χ0) is 11.1. The van der Waals surface area contributed by atoms with Crippen molar-refractivity contribution < 1.29 is 0 Å². The van der Waals surface area contributed by atoms with Gasteiger partial charge in [-0.25, -0.2) is 4.98 Å². The van der Waals surface area contributed by atoms with Gasteiger partial charge < -0.3 is 11.1 Å². The first-order valence-electron chi connectivity index (χ1n) is 5.09. The van der Waals surface area contributed by atoms with Crippen LogP contribution in [0.4, 0.5) is 5.82 Å². The molecule has 0 aliphatic rings. The van der Waals surface area contributed by atoms with E-state index in [2.05, 4.69) is 16.4 Å². The lowest BCUT2D eigenvalue weighted by Crippen LogP contribution is -2.08. The highest BCUT2D eigenvalue weighted by Crippen LogP contribution is 2.11. The van der Waals surface area contributed by atoms with Crippen molar-refractivity contribution in [3.05, 3.63) is 23.4 Å². The third kappa shape index (κ3) is 3.56. The maximum Gasteiger partial charge on any atom is 0.144 e. The molecular weight excluding hydrogens is 188 g/mol. The molecule has 1 rings (SSSR count). The van der Waals surface area contributed by atoms with Crippen molar-refractivity contribution >= 4 is 5.82 Å². The van der Waals surface area contributed by atoms with E-state index in [1.165, 1.54) is 0 Å². The highest BCUT2D eigenvalue weighted by atomic mass is 15.0. The second-order valence-electron chi connectivity index (χ2n) is 3.38. The van der Waals surface area contributed by atoms with E-state index in [9.17, 15) is 0 Å². The molecule has 0 saturated heterocycles. The number of hydrogen-bond donors (Lipinski definition) is 2. The van der Waals surface area contributed by atoms with E-state index in [0.717, 1.165) is 25.1 Å². The van der Waals surface area contributed by atoms with Gasteiger partial charge in [0.25, 0.3) is 0 Å². The first-order chi connectivity index (χ1) is 7.27. The van der Waals surface area contributed by atoms with Crippen LogP contribution in [0.25, 0.3) is 0 Å². The predicted molar refractivity (Wildman–Crippen MR) is 60.5 cm³/mol. The zero-order valence-electron chi connectivity index (χ0n) is 8.95. The molecule has 0 saturated carbocycles. The molecule has 80 valence electrons. The van der Waals surface area contributed by atoms with Crippen molar-refractivity contribution in [1.82, 2.24) is 4.98 Å². The van der Waals surface area contributed by atoms with Crippen molar-refractivity contribution in [2.45, 2.75) is 19.8 Å². The number of pyridine rings is 1. The molecule has 1 aromatic rings. The maximum atomic E-state index is 8.86. The Bertz CT molecular complexity index is 354. The number of nitriles is 1. The number of nitrogens with two attached hydrogens (primary N) is 1. The van der Waals surface area contributed by atoms with Crippen LogP contribution in [-0.4, -0.2) is 18.1 Å². The van der Waals surface area contributed by atoms with Crippen LogP contribution in [0.3, 0.4) is 0 Å². The Labute approximate surface area is 90.1 Å². The van der Waals surface area contributed by atoms with Crippen LogP contribution in [0.2, 0.25) is 0 Å². The first-order valence-corrected chi connectivity index (χ1v) is 5.09. The standard InChI is InChI=1S/C11H16N4/c1-9-4-5-10(8-13)11(15-9)14-7-3-2-6-12/h4-5H,2-3,6-7,12H2,1H3,(H,14,15). The number of aromatic nitrogens is 1. The molecule has 0 amide bonds. The van der Waals surface area contributed by atoms with Gasteiger partial charge in [0.05, 0.1) is 5.56 Å². The molecule has 0 unspecified atom stereocenters. The highest BCUT2D eigenvalue weighted by molar-refractivity contribution is 5.52. The molecule has 0 bridgehead atoms. The molecule has 0 aliphatic carbocycles.